The van der Waals surface area contributed by atoms with Gasteiger partial charge in [-0.25, -0.2) is 0 Å². The van der Waals surface area contributed by atoms with Crippen molar-refractivity contribution in [3.05, 3.63) is 23.8 Å². The third-order valence-electron chi connectivity index (χ3n) is 6.75. The SMILES string of the molecule is COc1cc(C(C)=O)ccc1OC[C@H](O)CNC12CC3CC(CC(C3)C1)C2. The molecule has 1 aromatic carbocycles. The number of ether oxygens (including phenoxy) is 2. The van der Waals surface area contributed by atoms with Crippen LogP contribution >= 0.6 is 0 Å². The molecule has 5 nitrogen and oxygen atoms in total. The molecule has 0 aliphatic heterocycles. The molecule has 0 heterocycles. The Balaban J connectivity index is 1.30. The molecule has 0 radical (unpaired) electrons. The van der Waals surface area contributed by atoms with Crippen LogP contribution in [-0.4, -0.2) is 42.8 Å². The predicted molar refractivity (Wildman–Crippen MR) is 103 cm³/mol. The van der Waals surface area contributed by atoms with Crippen molar-refractivity contribution in [2.24, 2.45) is 17.8 Å². The minimum atomic E-state index is -0.574. The zero-order chi connectivity index (χ0) is 19.0. The number of aliphatic hydroxyl groups is 1. The lowest BCUT2D eigenvalue weighted by Gasteiger charge is -2.57. The fraction of sp³-hybridized carbons (Fsp3) is 0.682. The number of benzene rings is 1. The fourth-order valence-electron chi connectivity index (χ4n) is 5.91. The topological polar surface area (TPSA) is 67.8 Å². The highest BCUT2D eigenvalue weighted by atomic mass is 16.5. The second kappa shape index (κ2) is 7.44. The molecule has 1 aromatic rings. The number of methoxy groups -OCH3 is 1. The van der Waals surface area contributed by atoms with E-state index in [0.29, 0.717) is 23.6 Å². The average Bonchev–Trinajstić information content (AvgIpc) is 2.63. The number of carbonyl (C=O) groups excluding carboxylic acids is 1. The third-order valence-corrected chi connectivity index (χ3v) is 6.75. The van der Waals surface area contributed by atoms with E-state index in [1.54, 1.807) is 25.3 Å². The largest absolute Gasteiger partial charge is 0.493 e. The first-order chi connectivity index (χ1) is 13.0. The zero-order valence-corrected chi connectivity index (χ0v) is 16.4. The van der Waals surface area contributed by atoms with E-state index in [1.165, 1.54) is 45.4 Å². The van der Waals surface area contributed by atoms with E-state index in [2.05, 4.69) is 5.32 Å². The number of carbonyl (C=O) groups is 1. The molecule has 0 spiro atoms. The van der Waals surface area contributed by atoms with Crippen LogP contribution in [0.2, 0.25) is 0 Å². The van der Waals surface area contributed by atoms with Gasteiger partial charge in [-0.15, -0.1) is 0 Å². The molecule has 27 heavy (non-hydrogen) atoms. The summed E-state index contributed by atoms with van der Waals surface area (Å²) in [6.07, 6.45) is 7.50. The van der Waals surface area contributed by atoms with Crippen molar-refractivity contribution < 1.29 is 19.4 Å². The minimum absolute atomic E-state index is 0.0142. The van der Waals surface area contributed by atoms with Gasteiger partial charge in [-0.05, 0) is 81.4 Å². The number of nitrogens with one attached hydrogen (secondary N) is 1. The molecule has 4 saturated carbocycles. The van der Waals surface area contributed by atoms with Gasteiger partial charge in [0.15, 0.2) is 17.3 Å². The number of ketones is 1. The summed E-state index contributed by atoms with van der Waals surface area (Å²) in [7, 11) is 1.55. The Morgan fingerprint density at radius 3 is 2.37 bits per heavy atom. The van der Waals surface area contributed by atoms with Crippen molar-refractivity contribution in [1.29, 1.82) is 0 Å². The highest BCUT2D eigenvalue weighted by Gasteiger charge is 2.50. The minimum Gasteiger partial charge on any atom is -0.493 e. The Kier molecular flexibility index (Phi) is 5.17. The lowest BCUT2D eigenvalue weighted by Crippen LogP contribution is -2.59. The normalized spacial score (nSPS) is 32.3. The van der Waals surface area contributed by atoms with Crippen LogP contribution < -0.4 is 14.8 Å². The molecule has 148 valence electrons. The first kappa shape index (κ1) is 18.8. The molecule has 2 N–H and O–H groups in total. The van der Waals surface area contributed by atoms with Crippen LogP contribution in [0.1, 0.15) is 55.8 Å². The van der Waals surface area contributed by atoms with Gasteiger partial charge in [-0.1, -0.05) is 0 Å². The molecule has 5 heteroatoms. The maximum atomic E-state index is 11.5. The van der Waals surface area contributed by atoms with E-state index in [4.69, 9.17) is 9.47 Å². The van der Waals surface area contributed by atoms with Crippen LogP contribution in [0.5, 0.6) is 11.5 Å². The summed E-state index contributed by atoms with van der Waals surface area (Å²) in [5.41, 5.74) is 0.833. The molecule has 5 rings (SSSR count). The first-order valence-electron chi connectivity index (χ1n) is 10.2. The fourth-order valence-corrected chi connectivity index (χ4v) is 5.91. The molecule has 4 aliphatic carbocycles. The lowest BCUT2D eigenvalue weighted by atomic mass is 9.53. The van der Waals surface area contributed by atoms with Gasteiger partial charge >= 0.3 is 0 Å². The van der Waals surface area contributed by atoms with Crippen LogP contribution in [0.3, 0.4) is 0 Å². The molecule has 0 aromatic heterocycles. The zero-order valence-electron chi connectivity index (χ0n) is 16.4. The number of rotatable bonds is 8. The second-order valence-corrected chi connectivity index (χ2v) is 8.97. The summed E-state index contributed by atoms with van der Waals surface area (Å²) in [5.74, 6) is 3.73. The molecule has 4 aliphatic rings. The summed E-state index contributed by atoms with van der Waals surface area (Å²) in [6, 6.07) is 5.13. The number of β-amino-alcohol motifs (C(OH)–C–C–N with tert-alkyl or cyclic N) is 1. The summed E-state index contributed by atoms with van der Waals surface area (Å²) in [5, 5.41) is 14.1. The van der Waals surface area contributed by atoms with Crippen molar-refractivity contribution >= 4 is 5.78 Å². The molecular formula is C22H31NO4. The van der Waals surface area contributed by atoms with E-state index in [0.717, 1.165) is 17.8 Å². The van der Waals surface area contributed by atoms with Crippen molar-refractivity contribution in [2.75, 3.05) is 20.3 Å². The lowest BCUT2D eigenvalue weighted by molar-refractivity contribution is -0.0267. The Labute approximate surface area is 161 Å². The Bertz CT molecular complexity index is 666. The Morgan fingerprint density at radius 2 is 1.81 bits per heavy atom. The second-order valence-electron chi connectivity index (χ2n) is 8.97. The standard InChI is InChI=1S/C22H31NO4/c1-14(24)18-3-4-20(21(8-18)26-2)27-13-19(25)12-23-22-9-15-5-16(10-22)7-17(6-15)11-22/h3-4,8,15-17,19,23,25H,5-7,9-13H2,1-2H3/t15?,16?,17?,19-,22?/m1/s1. The van der Waals surface area contributed by atoms with Crippen molar-refractivity contribution in [3.63, 3.8) is 0 Å². The first-order valence-corrected chi connectivity index (χ1v) is 10.2. The molecule has 1 atom stereocenters. The maximum Gasteiger partial charge on any atom is 0.161 e. The van der Waals surface area contributed by atoms with Crippen molar-refractivity contribution in [3.8, 4) is 11.5 Å². The van der Waals surface area contributed by atoms with Crippen LogP contribution in [0.4, 0.5) is 0 Å². The van der Waals surface area contributed by atoms with Gasteiger partial charge in [0.25, 0.3) is 0 Å². The van der Waals surface area contributed by atoms with Gasteiger partial charge in [0.1, 0.15) is 12.7 Å². The van der Waals surface area contributed by atoms with Gasteiger partial charge < -0.3 is 19.9 Å². The van der Waals surface area contributed by atoms with Gasteiger partial charge in [-0.3, -0.25) is 4.79 Å². The van der Waals surface area contributed by atoms with Gasteiger partial charge in [0.2, 0.25) is 0 Å². The van der Waals surface area contributed by atoms with Crippen LogP contribution in [-0.2, 0) is 0 Å². The van der Waals surface area contributed by atoms with E-state index in [-0.39, 0.29) is 17.9 Å². The monoisotopic (exact) mass is 373 g/mol. The Hall–Kier alpha value is -1.59. The molecule has 0 unspecified atom stereocenters. The van der Waals surface area contributed by atoms with E-state index >= 15 is 0 Å². The molecule has 0 amide bonds. The highest BCUT2D eigenvalue weighted by molar-refractivity contribution is 5.94. The smallest absolute Gasteiger partial charge is 0.161 e. The quantitative estimate of drug-likeness (QED) is 0.685. The van der Waals surface area contributed by atoms with E-state index in [9.17, 15) is 9.90 Å². The summed E-state index contributed by atoms with van der Waals surface area (Å²) >= 11 is 0. The third kappa shape index (κ3) is 3.99. The van der Waals surface area contributed by atoms with E-state index in [1.807, 2.05) is 0 Å². The van der Waals surface area contributed by atoms with Crippen LogP contribution in [0.15, 0.2) is 18.2 Å². The number of Topliss-reactive ketones (excluding diaryl/α,β-unsaturated/α-hetero) is 1. The summed E-state index contributed by atoms with van der Waals surface area (Å²) < 4.78 is 11.1. The summed E-state index contributed by atoms with van der Waals surface area (Å²) in [6.45, 7) is 2.28. The van der Waals surface area contributed by atoms with Crippen molar-refractivity contribution in [2.45, 2.75) is 57.1 Å². The number of hydrogen-bond acceptors (Lipinski definition) is 5. The molecule has 4 fully saturated rings. The average molecular weight is 373 g/mol. The predicted octanol–water partition coefficient (Wildman–Crippen LogP) is 3.20. The summed E-state index contributed by atoms with van der Waals surface area (Å²) in [4.78, 5) is 11.5. The van der Waals surface area contributed by atoms with E-state index < -0.39 is 6.10 Å². The van der Waals surface area contributed by atoms with Gasteiger partial charge in [0, 0.05) is 17.6 Å². The maximum absolute atomic E-state index is 11.5. The van der Waals surface area contributed by atoms with Crippen LogP contribution in [0, 0.1) is 17.8 Å². The number of aliphatic hydroxyl groups excluding tert-OH is 1. The number of hydrogen-bond donors (Lipinski definition) is 2. The molecule has 4 bridgehead atoms. The van der Waals surface area contributed by atoms with Gasteiger partial charge in [0.05, 0.1) is 7.11 Å². The Morgan fingerprint density at radius 1 is 1.19 bits per heavy atom. The van der Waals surface area contributed by atoms with Crippen LogP contribution in [0.25, 0.3) is 0 Å². The van der Waals surface area contributed by atoms with Gasteiger partial charge in [-0.2, -0.15) is 0 Å². The molecule has 0 saturated heterocycles. The highest BCUT2D eigenvalue weighted by Crippen LogP contribution is 2.55. The molecular weight excluding hydrogens is 342 g/mol. The van der Waals surface area contributed by atoms with Crippen molar-refractivity contribution in [1.82, 2.24) is 5.32 Å².